The highest BCUT2D eigenvalue weighted by Crippen LogP contribution is 2.18. The van der Waals surface area contributed by atoms with E-state index in [1.54, 1.807) is 0 Å². The minimum Gasteiger partial charge on any atom is -0.469 e. The van der Waals surface area contributed by atoms with Crippen LogP contribution in [-0.4, -0.2) is 26.7 Å². The molecule has 0 amide bonds. The Balaban J connectivity index is 4.90. The van der Waals surface area contributed by atoms with Gasteiger partial charge in [-0.05, 0) is 39.8 Å². The summed E-state index contributed by atoms with van der Waals surface area (Å²) in [6, 6.07) is 0. The summed E-state index contributed by atoms with van der Waals surface area (Å²) in [5.41, 5.74) is 3.36. The predicted octanol–water partition coefficient (Wildman–Crippen LogP) is 2.85. The number of carbonyl (C=O) groups excluding carboxylic acids is 1. The molecule has 0 spiro atoms. The zero-order chi connectivity index (χ0) is 14.1. The van der Waals surface area contributed by atoms with Crippen LogP contribution < -0.4 is 5.32 Å². The molecule has 0 aromatic heterocycles. The molecule has 102 valence electrons. The zero-order valence-electron chi connectivity index (χ0n) is 12.2. The van der Waals surface area contributed by atoms with Gasteiger partial charge in [-0.1, -0.05) is 29.9 Å². The monoisotopic (exact) mass is 251 g/mol. The Morgan fingerprint density at radius 3 is 2.33 bits per heavy atom. The highest BCUT2D eigenvalue weighted by Gasteiger charge is 2.19. The van der Waals surface area contributed by atoms with Gasteiger partial charge in [-0.15, -0.1) is 0 Å². The number of allylic oxidation sites excluding steroid dienone is 5. The van der Waals surface area contributed by atoms with Gasteiger partial charge in [0.25, 0.3) is 0 Å². The molecule has 3 nitrogen and oxygen atoms in total. The smallest absolute Gasteiger partial charge is 0.310 e. The van der Waals surface area contributed by atoms with E-state index in [-0.39, 0.29) is 11.9 Å². The van der Waals surface area contributed by atoms with Crippen LogP contribution >= 0.6 is 0 Å². The fourth-order valence-corrected chi connectivity index (χ4v) is 1.60. The summed E-state index contributed by atoms with van der Waals surface area (Å²) in [7, 11) is 3.26. The second-order valence-electron chi connectivity index (χ2n) is 4.69. The van der Waals surface area contributed by atoms with E-state index >= 15 is 0 Å². The maximum absolute atomic E-state index is 11.7. The fraction of sp³-hybridized carbons (Fsp3) is 0.533. The van der Waals surface area contributed by atoms with Crippen LogP contribution in [0.5, 0.6) is 0 Å². The number of ether oxygens (including phenoxy) is 1. The molecule has 0 saturated heterocycles. The van der Waals surface area contributed by atoms with E-state index < -0.39 is 0 Å². The van der Waals surface area contributed by atoms with Crippen LogP contribution in [0.4, 0.5) is 0 Å². The van der Waals surface area contributed by atoms with Crippen molar-refractivity contribution in [2.24, 2.45) is 5.92 Å². The molecule has 1 N–H and O–H groups in total. The lowest BCUT2D eigenvalue weighted by molar-refractivity contribution is -0.145. The molecule has 0 aliphatic heterocycles. The van der Waals surface area contributed by atoms with Crippen LogP contribution in [0.3, 0.4) is 0 Å². The summed E-state index contributed by atoms with van der Waals surface area (Å²) >= 11 is 0. The number of carbonyl (C=O) groups is 1. The third-order valence-electron chi connectivity index (χ3n) is 2.66. The molecular weight excluding hydrogens is 226 g/mol. The fourth-order valence-electron chi connectivity index (χ4n) is 1.60. The zero-order valence-corrected chi connectivity index (χ0v) is 12.2. The summed E-state index contributed by atoms with van der Waals surface area (Å²) in [4.78, 5) is 11.7. The van der Waals surface area contributed by atoms with Crippen molar-refractivity contribution < 1.29 is 9.53 Å². The van der Waals surface area contributed by atoms with Crippen molar-refractivity contribution in [3.05, 3.63) is 35.5 Å². The van der Waals surface area contributed by atoms with Crippen LogP contribution in [-0.2, 0) is 9.53 Å². The lowest BCUT2D eigenvalue weighted by Crippen LogP contribution is -2.27. The molecule has 1 atom stereocenters. The lowest BCUT2D eigenvalue weighted by atomic mass is 9.95. The molecule has 0 rings (SSSR count). The maximum atomic E-state index is 11.7. The van der Waals surface area contributed by atoms with E-state index in [1.165, 1.54) is 12.7 Å². The molecular formula is C15H25NO2. The topological polar surface area (TPSA) is 38.3 Å². The second kappa shape index (κ2) is 8.70. The summed E-state index contributed by atoms with van der Waals surface area (Å²) < 4.78 is 4.83. The molecule has 0 heterocycles. The molecule has 0 aliphatic rings. The van der Waals surface area contributed by atoms with E-state index in [0.29, 0.717) is 13.0 Å². The van der Waals surface area contributed by atoms with Gasteiger partial charge >= 0.3 is 5.97 Å². The highest BCUT2D eigenvalue weighted by atomic mass is 16.5. The van der Waals surface area contributed by atoms with Crippen molar-refractivity contribution in [1.82, 2.24) is 5.32 Å². The minimum atomic E-state index is -0.174. The number of rotatable bonds is 7. The average molecular weight is 251 g/mol. The Bertz CT molecular complexity index is 350. The molecule has 3 heteroatoms. The summed E-state index contributed by atoms with van der Waals surface area (Å²) in [6.45, 7) is 10.5. The average Bonchev–Trinajstić information content (AvgIpc) is 2.31. The van der Waals surface area contributed by atoms with E-state index in [0.717, 1.165) is 11.1 Å². The van der Waals surface area contributed by atoms with Crippen molar-refractivity contribution in [2.75, 3.05) is 20.7 Å². The van der Waals surface area contributed by atoms with Gasteiger partial charge in [0, 0.05) is 6.54 Å². The molecule has 0 radical (unpaired) electrons. The normalized spacial score (nSPS) is 12.3. The molecule has 0 aliphatic carbocycles. The van der Waals surface area contributed by atoms with E-state index in [2.05, 4.69) is 11.9 Å². The van der Waals surface area contributed by atoms with Crippen LogP contribution in [0.1, 0.15) is 27.2 Å². The van der Waals surface area contributed by atoms with Crippen molar-refractivity contribution in [3.63, 3.8) is 0 Å². The van der Waals surface area contributed by atoms with Gasteiger partial charge in [-0.3, -0.25) is 4.79 Å². The molecule has 0 aromatic carbocycles. The number of nitrogens with one attached hydrogen (secondary N) is 1. The Kier molecular flexibility index (Phi) is 8.05. The van der Waals surface area contributed by atoms with Crippen molar-refractivity contribution in [1.29, 1.82) is 0 Å². The largest absolute Gasteiger partial charge is 0.469 e. The first-order chi connectivity index (χ1) is 8.42. The Labute approximate surface area is 111 Å². The first-order valence-corrected chi connectivity index (χ1v) is 6.14. The third-order valence-corrected chi connectivity index (χ3v) is 2.66. The number of esters is 1. The second-order valence-corrected chi connectivity index (χ2v) is 4.69. The van der Waals surface area contributed by atoms with Crippen molar-refractivity contribution in [2.45, 2.75) is 27.2 Å². The van der Waals surface area contributed by atoms with Gasteiger partial charge in [0.15, 0.2) is 0 Å². The summed E-state index contributed by atoms with van der Waals surface area (Å²) in [6.07, 6.45) is 4.68. The molecule has 0 aromatic rings. The number of hydrogen-bond donors (Lipinski definition) is 1. The molecule has 0 fully saturated rings. The Morgan fingerprint density at radius 1 is 1.33 bits per heavy atom. The predicted molar refractivity (Wildman–Crippen MR) is 76.4 cm³/mol. The molecule has 0 saturated carbocycles. The first-order valence-electron chi connectivity index (χ1n) is 6.14. The van der Waals surface area contributed by atoms with Gasteiger partial charge in [-0.25, -0.2) is 0 Å². The van der Waals surface area contributed by atoms with Gasteiger partial charge in [0.1, 0.15) is 0 Å². The summed E-state index contributed by atoms with van der Waals surface area (Å²) in [5.74, 6) is -0.327. The molecule has 18 heavy (non-hydrogen) atoms. The SMILES string of the molecule is C=C(C)C=CC(CC(CNC)C(=O)OC)=C(C)C. The minimum absolute atomic E-state index is 0.153. The number of methoxy groups -OCH3 is 1. The van der Waals surface area contributed by atoms with Crippen molar-refractivity contribution >= 4 is 5.97 Å². The standard InChI is InChI=1S/C15H25NO2/c1-11(2)7-8-13(12(3)4)9-14(10-16-5)15(17)18-6/h7-8,14,16H,1,9-10H2,2-6H3. The van der Waals surface area contributed by atoms with Gasteiger partial charge in [0.2, 0.25) is 0 Å². The maximum Gasteiger partial charge on any atom is 0.310 e. The molecule has 0 bridgehead atoms. The number of hydrogen-bond acceptors (Lipinski definition) is 3. The molecule has 1 unspecified atom stereocenters. The van der Waals surface area contributed by atoms with Crippen LogP contribution in [0.2, 0.25) is 0 Å². The lowest BCUT2D eigenvalue weighted by Gasteiger charge is -2.15. The quantitative estimate of drug-likeness (QED) is 0.558. The Hall–Kier alpha value is -1.35. The highest BCUT2D eigenvalue weighted by molar-refractivity contribution is 5.73. The Morgan fingerprint density at radius 2 is 1.94 bits per heavy atom. The van der Waals surface area contributed by atoms with Crippen LogP contribution in [0.25, 0.3) is 0 Å². The van der Waals surface area contributed by atoms with Gasteiger partial charge < -0.3 is 10.1 Å². The van der Waals surface area contributed by atoms with Gasteiger partial charge in [-0.2, -0.15) is 0 Å². The van der Waals surface area contributed by atoms with E-state index in [9.17, 15) is 4.79 Å². The van der Waals surface area contributed by atoms with Crippen LogP contribution in [0.15, 0.2) is 35.5 Å². The van der Waals surface area contributed by atoms with Crippen molar-refractivity contribution in [3.8, 4) is 0 Å². The third kappa shape index (κ3) is 6.40. The first kappa shape index (κ1) is 16.6. The summed E-state index contributed by atoms with van der Waals surface area (Å²) in [5, 5.41) is 3.03. The van der Waals surface area contributed by atoms with E-state index in [4.69, 9.17) is 4.74 Å². The van der Waals surface area contributed by atoms with Crippen LogP contribution in [0, 0.1) is 5.92 Å². The van der Waals surface area contributed by atoms with E-state index in [1.807, 2.05) is 40.0 Å². The van der Waals surface area contributed by atoms with Gasteiger partial charge in [0.05, 0.1) is 13.0 Å².